The number of aromatic nitrogens is 6. The Kier molecular flexibility index (Phi) is 11.7. The summed E-state index contributed by atoms with van der Waals surface area (Å²) in [4.78, 5) is 36.3. The Balaban J connectivity index is 1.46. The minimum absolute atomic E-state index is 0.00952. The first kappa shape index (κ1) is 37.4. The molecule has 1 fully saturated rings. The van der Waals surface area contributed by atoms with Gasteiger partial charge in [-0.05, 0) is 59.2 Å². The lowest BCUT2D eigenvalue weighted by molar-refractivity contribution is -0.492. The fourth-order valence-corrected chi connectivity index (χ4v) is 5.85. The van der Waals surface area contributed by atoms with Crippen LogP contribution in [0.1, 0.15) is 66.6 Å². The van der Waals surface area contributed by atoms with Gasteiger partial charge in [-0.3, -0.25) is 20.0 Å². The molecule has 19 heteroatoms. The number of likely N-dealkylation sites (tertiary alicyclic amines) is 1. The number of esters is 1. The average molecular weight is 723 g/mol. The molecule has 1 saturated heterocycles. The number of unbranched alkanes of at least 4 members (excludes halogenated alkanes) is 1. The zero-order valence-corrected chi connectivity index (χ0v) is 27.3. The second-order valence-electron chi connectivity index (χ2n) is 11.7. The predicted molar refractivity (Wildman–Crippen MR) is 166 cm³/mol. The first-order valence-corrected chi connectivity index (χ1v) is 16.1. The van der Waals surface area contributed by atoms with Crippen LogP contribution in [0.2, 0.25) is 0 Å². The van der Waals surface area contributed by atoms with Crippen molar-refractivity contribution in [1.29, 1.82) is 0 Å². The maximum absolute atomic E-state index is 15.2. The molecule has 0 spiro atoms. The number of nitrogens with zero attached hydrogens (tertiary/aromatic N) is 7. The van der Waals surface area contributed by atoms with Crippen LogP contribution in [0.25, 0.3) is 22.5 Å². The highest BCUT2D eigenvalue weighted by Crippen LogP contribution is 2.45. The number of aromatic amines is 1. The molecular formula is C32H35F5N8O6. The van der Waals surface area contributed by atoms with Gasteiger partial charge in [-0.25, -0.2) is 14.9 Å². The second kappa shape index (κ2) is 16.0. The molecule has 4 aromatic rings. The van der Waals surface area contributed by atoms with Gasteiger partial charge in [0.2, 0.25) is 0 Å². The number of imidazole rings is 1. The molecule has 1 atom stereocenters. The van der Waals surface area contributed by atoms with Crippen molar-refractivity contribution >= 4 is 11.9 Å². The quantitative estimate of drug-likeness (QED) is 0.0628. The van der Waals surface area contributed by atoms with Crippen LogP contribution in [-0.2, 0) is 33.3 Å². The average Bonchev–Trinajstić information content (AvgIpc) is 3.88. The van der Waals surface area contributed by atoms with Gasteiger partial charge in [0.15, 0.2) is 11.5 Å². The molecule has 3 N–H and O–H groups in total. The van der Waals surface area contributed by atoms with Gasteiger partial charge in [0.1, 0.15) is 17.6 Å². The van der Waals surface area contributed by atoms with E-state index in [1.54, 1.807) is 31.2 Å². The summed E-state index contributed by atoms with van der Waals surface area (Å²) < 4.78 is 78.3. The minimum atomic E-state index is -6.06. The van der Waals surface area contributed by atoms with Gasteiger partial charge >= 0.3 is 18.1 Å². The lowest BCUT2D eigenvalue weighted by atomic mass is 9.98. The first-order chi connectivity index (χ1) is 24.3. The summed E-state index contributed by atoms with van der Waals surface area (Å²) in [6.07, 6.45) is -4.86. The summed E-state index contributed by atoms with van der Waals surface area (Å²) >= 11 is 0. The number of carbonyl (C=O) groups excluding carboxylic acids is 2. The summed E-state index contributed by atoms with van der Waals surface area (Å²) in [5, 5.41) is 30.6. The fourth-order valence-electron chi connectivity index (χ4n) is 5.85. The van der Waals surface area contributed by atoms with Crippen LogP contribution >= 0.6 is 0 Å². The van der Waals surface area contributed by atoms with Crippen LogP contribution < -0.4 is 0 Å². The van der Waals surface area contributed by atoms with Crippen LogP contribution in [0.3, 0.4) is 0 Å². The minimum Gasteiger partial charge on any atom is -0.464 e. The molecule has 3 heterocycles. The zero-order chi connectivity index (χ0) is 36.8. The maximum atomic E-state index is 15.2. The molecule has 1 amide bonds. The number of ether oxygens (including phenoxy) is 1. The van der Waals surface area contributed by atoms with E-state index in [0.29, 0.717) is 23.4 Å². The Labute approximate surface area is 287 Å². The lowest BCUT2D eigenvalue weighted by Crippen LogP contribution is -2.44. The van der Waals surface area contributed by atoms with Gasteiger partial charge < -0.3 is 14.2 Å². The van der Waals surface area contributed by atoms with Crippen molar-refractivity contribution in [1.82, 2.24) is 40.5 Å². The SMILES string of the molecule is CCCc1nc(C(F)(F)C(F)(F)F)c(C(=O)N2CCC[C@H]2C(=O)OCCCCON(O)O)n1Cc1ccc(-c2ccccc2-c2nnn[nH]2)cc1. The largest absolute Gasteiger partial charge is 0.464 e. The molecule has 0 radical (unpaired) electrons. The van der Waals surface area contributed by atoms with Crippen molar-refractivity contribution in [3.8, 4) is 22.5 Å². The smallest absolute Gasteiger partial charge is 0.459 e. The van der Waals surface area contributed by atoms with Gasteiger partial charge in [0.05, 0.1) is 18.6 Å². The van der Waals surface area contributed by atoms with E-state index >= 15 is 8.78 Å². The number of hydrogen-bond acceptors (Lipinski definition) is 11. The van der Waals surface area contributed by atoms with Crippen molar-refractivity contribution in [3.05, 3.63) is 71.3 Å². The zero-order valence-electron chi connectivity index (χ0n) is 27.3. The second-order valence-corrected chi connectivity index (χ2v) is 11.7. The molecule has 5 rings (SSSR count). The molecule has 0 saturated carbocycles. The number of nitrogens with one attached hydrogen (secondary N) is 1. The summed E-state index contributed by atoms with van der Waals surface area (Å²) in [5.74, 6) is -7.25. The monoisotopic (exact) mass is 722 g/mol. The highest BCUT2D eigenvalue weighted by atomic mass is 19.4. The van der Waals surface area contributed by atoms with Gasteiger partial charge in [0, 0.05) is 25.1 Å². The number of amides is 1. The number of hydrogen-bond donors (Lipinski definition) is 3. The Morgan fingerprint density at radius 3 is 2.37 bits per heavy atom. The van der Waals surface area contributed by atoms with E-state index in [2.05, 4.69) is 30.4 Å². The topological polar surface area (TPSA) is 172 Å². The van der Waals surface area contributed by atoms with Crippen LogP contribution in [0.5, 0.6) is 0 Å². The van der Waals surface area contributed by atoms with Crippen molar-refractivity contribution in [2.75, 3.05) is 19.8 Å². The molecule has 0 aliphatic carbocycles. The number of tetrazole rings is 1. The number of alkyl halides is 5. The van der Waals surface area contributed by atoms with Gasteiger partial charge in [0.25, 0.3) is 5.91 Å². The van der Waals surface area contributed by atoms with E-state index in [-0.39, 0.29) is 64.2 Å². The van der Waals surface area contributed by atoms with E-state index in [4.69, 9.17) is 15.2 Å². The van der Waals surface area contributed by atoms with E-state index in [1.807, 2.05) is 24.3 Å². The number of halogens is 5. The third kappa shape index (κ3) is 8.38. The van der Waals surface area contributed by atoms with Crippen molar-refractivity contribution in [3.63, 3.8) is 0 Å². The van der Waals surface area contributed by atoms with E-state index < -0.39 is 46.8 Å². The van der Waals surface area contributed by atoms with Crippen molar-refractivity contribution in [2.24, 2.45) is 0 Å². The van der Waals surface area contributed by atoms with E-state index in [0.717, 1.165) is 20.6 Å². The van der Waals surface area contributed by atoms with E-state index in [9.17, 15) is 22.8 Å². The molecule has 1 aliphatic rings. The van der Waals surface area contributed by atoms with Gasteiger partial charge in [-0.15, -0.1) is 5.10 Å². The predicted octanol–water partition coefficient (Wildman–Crippen LogP) is 5.33. The van der Waals surface area contributed by atoms with Gasteiger partial charge in [-0.1, -0.05) is 55.5 Å². The standard InChI is InChI=1S/C32H35F5N8O6/c1-2-8-25-38-27(31(33,34)32(35,36)37)26(29(46)43-16-7-11-24(43)30(47)50-17-5-6-18-51-45(48)49)44(25)19-20-12-14-21(15-13-20)22-9-3-4-10-23(22)28-39-41-42-40-28/h3-4,9-10,12-15,24,48-49H,2,5-8,11,16-19H2,1H3,(H,39,40,41,42)/t24-/m0/s1. The van der Waals surface area contributed by atoms with E-state index in [1.165, 1.54) is 0 Å². The lowest BCUT2D eigenvalue weighted by Gasteiger charge is -2.26. The summed E-state index contributed by atoms with van der Waals surface area (Å²) in [7, 11) is 0. The molecule has 14 nitrogen and oxygen atoms in total. The number of rotatable bonds is 15. The molecular weight excluding hydrogens is 687 g/mol. The highest BCUT2D eigenvalue weighted by molar-refractivity contribution is 5.97. The van der Waals surface area contributed by atoms with Crippen LogP contribution in [0, 0.1) is 0 Å². The fraction of sp³-hybridized carbons (Fsp3) is 0.438. The number of carbonyl (C=O) groups is 2. The van der Waals surface area contributed by atoms with Gasteiger partial charge in [-0.2, -0.15) is 22.0 Å². The third-order valence-corrected chi connectivity index (χ3v) is 8.28. The molecule has 0 bridgehead atoms. The Morgan fingerprint density at radius 2 is 1.73 bits per heavy atom. The molecule has 274 valence electrons. The van der Waals surface area contributed by atoms with Crippen LogP contribution in [-0.4, -0.2) is 94.7 Å². The number of H-pyrrole nitrogens is 1. The molecule has 0 unspecified atom stereocenters. The molecule has 2 aromatic carbocycles. The summed E-state index contributed by atoms with van der Waals surface area (Å²) in [6.45, 7) is 1.10. The summed E-state index contributed by atoms with van der Waals surface area (Å²) in [5.41, 5.74) is 0.00471. The first-order valence-electron chi connectivity index (χ1n) is 16.1. The van der Waals surface area contributed by atoms with Crippen molar-refractivity contribution in [2.45, 2.75) is 70.1 Å². The normalized spacial score (nSPS) is 15.2. The highest BCUT2D eigenvalue weighted by Gasteiger charge is 2.62. The molecule has 51 heavy (non-hydrogen) atoms. The number of benzene rings is 2. The molecule has 2 aromatic heterocycles. The van der Waals surface area contributed by atoms with Crippen molar-refractivity contribution < 1.29 is 51.5 Å². The summed E-state index contributed by atoms with van der Waals surface area (Å²) in [6, 6.07) is 12.9. The Morgan fingerprint density at radius 1 is 1.02 bits per heavy atom. The third-order valence-electron chi connectivity index (χ3n) is 8.28. The Bertz CT molecular complexity index is 1780. The maximum Gasteiger partial charge on any atom is 0.459 e. The number of aryl methyl sites for hydroxylation is 1. The molecule has 1 aliphatic heterocycles. The van der Waals surface area contributed by atoms with Crippen LogP contribution in [0.4, 0.5) is 22.0 Å². The Hall–Kier alpha value is -4.85. The van der Waals surface area contributed by atoms with Crippen LogP contribution in [0.15, 0.2) is 48.5 Å².